The Morgan fingerprint density at radius 3 is 2.55 bits per heavy atom. The van der Waals surface area contributed by atoms with Crippen LogP contribution in [0.2, 0.25) is 0 Å². The second-order valence-electron chi connectivity index (χ2n) is 7.78. The molecule has 1 saturated heterocycles. The van der Waals surface area contributed by atoms with Gasteiger partial charge in [-0.15, -0.1) is 0 Å². The number of nitrogens with zero attached hydrogens (tertiary/aromatic N) is 1. The fourth-order valence-corrected chi connectivity index (χ4v) is 4.35. The van der Waals surface area contributed by atoms with E-state index in [9.17, 15) is 9.59 Å². The van der Waals surface area contributed by atoms with Gasteiger partial charge in [-0.05, 0) is 54.9 Å². The van der Waals surface area contributed by atoms with Crippen LogP contribution in [0.15, 0.2) is 54.2 Å². The fourth-order valence-electron chi connectivity index (χ4n) is 4.01. The molecule has 1 aliphatic carbocycles. The lowest BCUT2D eigenvalue weighted by atomic mass is 9.94. The first-order valence-electron chi connectivity index (χ1n) is 10.4. The second-order valence-corrected chi connectivity index (χ2v) is 8.17. The standard InChI is InChI=1S/C24H24N2O4S/c27-22-20(25-24(31)26(22)19-7-2-1-3-8-19)14-18-6-4-5-9-21(18)30-15-16-10-12-17(13-11-16)23(28)29/h4-6,9-14,19H,1-3,7-8,15H2,(H,25,31)(H,28,29)/b20-14-. The molecule has 160 valence electrons. The quantitative estimate of drug-likeness (QED) is 0.518. The largest absolute Gasteiger partial charge is 0.488 e. The summed E-state index contributed by atoms with van der Waals surface area (Å²) in [5.41, 5.74) is 2.32. The molecule has 6 nitrogen and oxygen atoms in total. The number of nitrogens with one attached hydrogen (secondary N) is 1. The Hall–Kier alpha value is -3.19. The Balaban J connectivity index is 1.49. The number of benzene rings is 2. The highest BCUT2D eigenvalue weighted by Gasteiger charge is 2.36. The predicted molar refractivity (Wildman–Crippen MR) is 122 cm³/mol. The van der Waals surface area contributed by atoms with E-state index in [-0.39, 0.29) is 24.1 Å². The lowest BCUT2D eigenvalue weighted by Gasteiger charge is -2.29. The van der Waals surface area contributed by atoms with Crippen molar-refractivity contribution < 1.29 is 19.4 Å². The van der Waals surface area contributed by atoms with Crippen molar-refractivity contribution in [1.82, 2.24) is 10.2 Å². The van der Waals surface area contributed by atoms with Crippen LogP contribution in [0.1, 0.15) is 53.6 Å². The summed E-state index contributed by atoms with van der Waals surface area (Å²) in [6.07, 6.45) is 7.22. The number of hydrogen-bond acceptors (Lipinski definition) is 4. The summed E-state index contributed by atoms with van der Waals surface area (Å²) < 4.78 is 5.96. The molecule has 31 heavy (non-hydrogen) atoms. The van der Waals surface area contributed by atoms with E-state index in [4.69, 9.17) is 22.1 Å². The number of carbonyl (C=O) groups excluding carboxylic acids is 1. The maximum absolute atomic E-state index is 13.0. The fraction of sp³-hybridized carbons (Fsp3) is 0.292. The highest BCUT2D eigenvalue weighted by atomic mass is 32.1. The summed E-state index contributed by atoms with van der Waals surface area (Å²) in [7, 11) is 0. The van der Waals surface area contributed by atoms with E-state index in [2.05, 4.69) is 5.32 Å². The van der Waals surface area contributed by atoms with Gasteiger partial charge in [-0.2, -0.15) is 0 Å². The van der Waals surface area contributed by atoms with Crippen molar-refractivity contribution in [1.29, 1.82) is 0 Å². The van der Waals surface area contributed by atoms with Crippen LogP contribution in [0.5, 0.6) is 5.75 Å². The SMILES string of the molecule is O=C(O)c1ccc(COc2ccccc2/C=C2\NC(=S)N(C3CCCCC3)C2=O)cc1. The number of ether oxygens (including phenoxy) is 1. The van der Waals surface area contributed by atoms with Crippen LogP contribution in [0.3, 0.4) is 0 Å². The monoisotopic (exact) mass is 436 g/mol. The Kier molecular flexibility index (Phi) is 6.32. The van der Waals surface area contributed by atoms with Gasteiger partial charge in [-0.3, -0.25) is 9.69 Å². The third-order valence-electron chi connectivity index (χ3n) is 5.66. The van der Waals surface area contributed by atoms with Crippen LogP contribution < -0.4 is 10.1 Å². The lowest BCUT2D eigenvalue weighted by Crippen LogP contribution is -2.41. The van der Waals surface area contributed by atoms with E-state index in [1.807, 2.05) is 24.3 Å². The first-order valence-corrected chi connectivity index (χ1v) is 10.8. The number of hydrogen-bond donors (Lipinski definition) is 2. The molecule has 0 radical (unpaired) electrons. The maximum atomic E-state index is 13.0. The van der Waals surface area contributed by atoms with Crippen LogP contribution in [-0.2, 0) is 11.4 Å². The Morgan fingerprint density at radius 1 is 1.13 bits per heavy atom. The normalized spacial score (nSPS) is 18.3. The minimum Gasteiger partial charge on any atom is -0.488 e. The molecular weight excluding hydrogens is 412 g/mol. The van der Waals surface area contributed by atoms with Gasteiger partial charge in [0.2, 0.25) is 0 Å². The molecule has 1 amide bonds. The number of amides is 1. The topological polar surface area (TPSA) is 78.9 Å². The number of carboxylic acids is 1. The molecule has 2 fully saturated rings. The predicted octanol–water partition coefficient (Wildman–Crippen LogP) is 4.35. The van der Waals surface area contributed by atoms with Crippen molar-refractivity contribution in [2.45, 2.75) is 44.8 Å². The second kappa shape index (κ2) is 9.31. The number of rotatable bonds is 6. The van der Waals surface area contributed by atoms with Crippen LogP contribution in [-0.4, -0.2) is 33.0 Å². The van der Waals surface area contributed by atoms with Gasteiger partial charge in [0, 0.05) is 11.6 Å². The Morgan fingerprint density at radius 2 is 1.84 bits per heavy atom. The van der Waals surface area contributed by atoms with Gasteiger partial charge in [0.25, 0.3) is 5.91 Å². The van der Waals surface area contributed by atoms with E-state index in [0.717, 1.165) is 36.8 Å². The van der Waals surface area contributed by atoms with Crippen molar-refractivity contribution in [2.75, 3.05) is 0 Å². The van der Waals surface area contributed by atoms with Gasteiger partial charge < -0.3 is 15.2 Å². The lowest BCUT2D eigenvalue weighted by molar-refractivity contribution is -0.124. The molecule has 0 aromatic heterocycles. The molecule has 1 aliphatic heterocycles. The number of aromatic carboxylic acids is 1. The Labute approximate surface area is 186 Å². The third-order valence-corrected chi connectivity index (χ3v) is 5.96. The van der Waals surface area contributed by atoms with Crippen molar-refractivity contribution in [3.63, 3.8) is 0 Å². The molecule has 2 aromatic rings. The van der Waals surface area contributed by atoms with E-state index in [1.54, 1.807) is 35.2 Å². The zero-order valence-electron chi connectivity index (χ0n) is 17.0. The molecule has 2 aromatic carbocycles. The first kappa shape index (κ1) is 21.1. The Bertz CT molecular complexity index is 1030. The summed E-state index contributed by atoms with van der Waals surface area (Å²) in [6.45, 7) is 0.286. The number of carboxylic acid groups (broad SMARTS) is 1. The number of thiocarbonyl (C=S) groups is 1. The minimum atomic E-state index is -0.960. The number of para-hydroxylation sites is 1. The van der Waals surface area contributed by atoms with E-state index < -0.39 is 5.97 Å². The molecule has 0 atom stereocenters. The van der Waals surface area contributed by atoms with E-state index >= 15 is 0 Å². The van der Waals surface area contributed by atoms with Gasteiger partial charge in [-0.25, -0.2) is 4.79 Å². The van der Waals surface area contributed by atoms with Crippen molar-refractivity contribution in [3.8, 4) is 5.75 Å². The summed E-state index contributed by atoms with van der Waals surface area (Å²) in [5.74, 6) is -0.414. The molecule has 0 spiro atoms. The van der Waals surface area contributed by atoms with Crippen LogP contribution in [0, 0.1) is 0 Å². The van der Waals surface area contributed by atoms with Crippen LogP contribution in [0.4, 0.5) is 0 Å². The van der Waals surface area contributed by atoms with Crippen molar-refractivity contribution >= 4 is 35.3 Å². The van der Waals surface area contributed by atoms with Crippen LogP contribution >= 0.6 is 12.2 Å². The van der Waals surface area contributed by atoms with Crippen LogP contribution in [0.25, 0.3) is 6.08 Å². The van der Waals surface area contributed by atoms with Gasteiger partial charge in [0.15, 0.2) is 5.11 Å². The maximum Gasteiger partial charge on any atom is 0.335 e. The summed E-state index contributed by atoms with van der Waals surface area (Å²) >= 11 is 5.45. The molecular formula is C24H24N2O4S. The molecule has 4 rings (SSSR count). The highest BCUT2D eigenvalue weighted by molar-refractivity contribution is 7.80. The summed E-state index contributed by atoms with van der Waals surface area (Å²) in [4.78, 5) is 25.7. The molecule has 0 bridgehead atoms. The zero-order chi connectivity index (χ0) is 21.8. The average Bonchev–Trinajstić information content (AvgIpc) is 3.06. The first-order chi connectivity index (χ1) is 15.0. The molecule has 1 heterocycles. The zero-order valence-corrected chi connectivity index (χ0v) is 17.9. The van der Waals surface area contributed by atoms with Gasteiger partial charge in [0.05, 0.1) is 5.56 Å². The van der Waals surface area contributed by atoms with Gasteiger partial charge in [0.1, 0.15) is 18.1 Å². The molecule has 0 unspecified atom stereocenters. The van der Waals surface area contributed by atoms with E-state index in [1.165, 1.54) is 6.42 Å². The van der Waals surface area contributed by atoms with Crippen molar-refractivity contribution in [3.05, 3.63) is 70.9 Å². The minimum absolute atomic E-state index is 0.0871. The molecule has 2 aliphatic rings. The average molecular weight is 437 g/mol. The third kappa shape index (κ3) is 4.77. The van der Waals surface area contributed by atoms with Gasteiger partial charge >= 0.3 is 5.97 Å². The van der Waals surface area contributed by atoms with E-state index in [0.29, 0.717) is 16.6 Å². The van der Waals surface area contributed by atoms with Crippen molar-refractivity contribution in [2.24, 2.45) is 0 Å². The van der Waals surface area contributed by atoms with Gasteiger partial charge in [-0.1, -0.05) is 49.6 Å². The smallest absolute Gasteiger partial charge is 0.335 e. The molecule has 1 saturated carbocycles. The molecule has 2 N–H and O–H groups in total. The molecule has 7 heteroatoms. The summed E-state index contributed by atoms with van der Waals surface area (Å²) in [5, 5.41) is 12.6. The highest BCUT2D eigenvalue weighted by Crippen LogP contribution is 2.28. The summed E-state index contributed by atoms with van der Waals surface area (Å²) in [6, 6.07) is 14.2. The number of carbonyl (C=O) groups is 2.